The molecule has 104 valence electrons. The van der Waals surface area contributed by atoms with Gasteiger partial charge in [0, 0.05) is 12.5 Å². The van der Waals surface area contributed by atoms with Gasteiger partial charge in [-0.1, -0.05) is 25.1 Å². The number of rotatable bonds is 6. The summed E-state index contributed by atoms with van der Waals surface area (Å²) in [7, 11) is 1.75. The lowest BCUT2D eigenvalue weighted by molar-refractivity contribution is 0.0980. The third-order valence-corrected chi connectivity index (χ3v) is 3.52. The van der Waals surface area contributed by atoms with Crippen LogP contribution < -0.4 is 5.32 Å². The summed E-state index contributed by atoms with van der Waals surface area (Å²) in [5.74, 6) is 0.995. The molecule has 2 atom stereocenters. The first-order valence-electron chi connectivity index (χ1n) is 6.91. The Hall–Kier alpha value is -1.32. The molecule has 0 spiro atoms. The van der Waals surface area contributed by atoms with E-state index in [9.17, 15) is 0 Å². The summed E-state index contributed by atoms with van der Waals surface area (Å²) in [5, 5.41) is 4.64. The van der Waals surface area contributed by atoms with Crippen molar-refractivity contribution in [3.05, 3.63) is 35.6 Å². The van der Waals surface area contributed by atoms with Crippen molar-refractivity contribution in [2.75, 3.05) is 13.7 Å². The van der Waals surface area contributed by atoms with Gasteiger partial charge in [0.15, 0.2) is 0 Å². The number of furan rings is 1. The second-order valence-corrected chi connectivity index (χ2v) is 5.03. The summed E-state index contributed by atoms with van der Waals surface area (Å²) in [4.78, 5) is 0. The van der Waals surface area contributed by atoms with Gasteiger partial charge in [0.05, 0.1) is 12.1 Å². The Bertz CT molecular complexity index is 533. The fourth-order valence-electron chi connectivity index (χ4n) is 2.38. The van der Waals surface area contributed by atoms with Gasteiger partial charge in [0.2, 0.25) is 0 Å². The number of hydrogen-bond donors (Lipinski definition) is 1. The average Bonchev–Trinajstić information content (AvgIpc) is 2.83. The highest BCUT2D eigenvalue weighted by molar-refractivity contribution is 5.80. The predicted octanol–water partition coefficient (Wildman–Crippen LogP) is 3.82. The average molecular weight is 261 g/mol. The lowest BCUT2D eigenvalue weighted by atomic mass is 10.1. The molecule has 0 aliphatic carbocycles. The van der Waals surface area contributed by atoms with Crippen molar-refractivity contribution in [2.45, 2.75) is 39.3 Å². The van der Waals surface area contributed by atoms with Crippen molar-refractivity contribution in [1.82, 2.24) is 5.32 Å². The van der Waals surface area contributed by atoms with E-state index < -0.39 is 0 Å². The van der Waals surface area contributed by atoms with Gasteiger partial charge in [0.25, 0.3) is 0 Å². The molecule has 0 bridgehead atoms. The van der Waals surface area contributed by atoms with Crippen LogP contribution in [0.5, 0.6) is 0 Å². The van der Waals surface area contributed by atoms with Crippen LogP contribution in [-0.2, 0) is 4.74 Å². The van der Waals surface area contributed by atoms with Crippen LogP contribution in [0.1, 0.15) is 37.6 Å². The van der Waals surface area contributed by atoms with Crippen molar-refractivity contribution in [3.63, 3.8) is 0 Å². The van der Waals surface area contributed by atoms with Gasteiger partial charge in [0.1, 0.15) is 11.3 Å². The van der Waals surface area contributed by atoms with Gasteiger partial charge in [-0.05, 0) is 38.4 Å². The van der Waals surface area contributed by atoms with Crippen molar-refractivity contribution in [1.29, 1.82) is 0 Å². The Labute approximate surface area is 114 Å². The Morgan fingerprint density at radius 2 is 2.16 bits per heavy atom. The molecular weight excluding hydrogens is 238 g/mol. The van der Waals surface area contributed by atoms with E-state index in [2.05, 4.69) is 50.4 Å². The number of hydrogen-bond acceptors (Lipinski definition) is 3. The topological polar surface area (TPSA) is 34.4 Å². The van der Waals surface area contributed by atoms with E-state index in [-0.39, 0.29) is 12.1 Å². The zero-order valence-electron chi connectivity index (χ0n) is 12.2. The van der Waals surface area contributed by atoms with Crippen LogP contribution in [0.2, 0.25) is 0 Å². The number of nitrogens with one attached hydrogen (secondary N) is 1. The van der Waals surface area contributed by atoms with Crippen LogP contribution in [0.15, 0.2) is 28.7 Å². The lowest BCUT2D eigenvalue weighted by Gasteiger charge is -2.19. The van der Waals surface area contributed by atoms with E-state index in [1.54, 1.807) is 7.11 Å². The molecule has 1 N–H and O–H groups in total. The van der Waals surface area contributed by atoms with Crippen molar-refractivity contribution < 1.29 is 9.15 Å². The SMILES string of the molecule is CCNC(CC(C)OC)c1cc2cccc(C)c2o1. The zero-order chi connectivity index (χ0) is 13.8. The van der Waals surface area contributed by atoms with Crippen LogP contribution in [0.25, 0.3) is 11.0 Å². The van der Waals surface area contributed by atoms with Gasteiger partial charge in [-0.15, -0.1) is 0 Å². The highest BCUT2D eigenvalue weighted by atomic mass is 16.5. The highest BCUT2D eigenvalue weighted by Gasteiger charge is 2.18. The fraction of sp³-hybridized carbons (Fsp3) is 0.500. The molecule has 0 radical (unpaired) electrons. The number of fused-ring (bicyclic) bond motifs is 1. The van der Waals surface area contributed by atoms with Crippen LogP contribution in [0.3, 0.4) is 0 Å². The summed E-state index contributed by atoms with van der Waals surface area (Å²) in [5.41, 5.74) is 2.17. The molecule has 1 aromatic heterocycles. The van der Waals surface area contributed by atoms with Crippen LogP contribution in [0, 0.1) is 6.92 Å². The minimum absolute atomic E-state index is 0.201. The molecule has 1 heterocycles. The number of methoxy groups -OCH3 is 1. The van der Waals surface area contributed by atoms with Gasteiger partial charge in [-0.3, -0.25) is 0 Å². The molecule has 3 heteroatoms. The maximum Gasteiger partial charge on any atom is 0.137 e. The molecular formula is C16H23NO2. The molecule has 3 nitrogen and oxygen atoms in total. The quantitative estimate of drug-likeness (QED) is 0.858. The first-order valence-corrected chi connectivity index (χ1v) is 6.91. The van der Waals surface area contributed by atoms with Crippen molar-refractivity contribution in [3.8, 4) is 0 Å². The molecule has 0 fully saturated rings. The molecule has 0 aliphatic heterocycles. The van der Waals surface area contributed by atoms with Crippen LogP contribution in [-0.4, -0.2) is 19.8 Å². The molecule has 0 saturated carbocycles. The minimum Gasteiger partial charge on any atom is -0.459 e. The highest BCUT2D eigenvalue weighted by Crippen LogP contribution is 2.28. The second kappa shape index (κ2) is 6.22. The Morgan fingerprint density at radius 1 is 1.37 bits per heavy atom. The molecule has 1 aromatic carbocycles. The summed E-state index contributed by atoms with van der Waals surface area (Å²) >= 11 is 0. The molecule has 19 heavy (non-hydrogen) atoms. The molecule has 2 rings (SSSR count). The minimum atomic E-state index is 0.201. The smallest absolute Gasteiger partial charge is 0.137 e. The molecule has 0 aliphatic rings. The predicted molar refractivity (Wildman–Crippen MR) is 78.5 cm³/mol. The fourth-order valence-corrected chi connectivity index (χ4v) is 2.38. The normalized spacial score (nSPS) is 14.7. The summed E-state index contributed by atoms with van der Waals surface area (Å²) in [6, 6.07) is 8.58. The summed E-state index contributed by atoms with van der Waals surface area (Å²) in [6.45, 7) is 7.18. The number of ether oxygens (including phenoxy) is 1. The Balaban J connectivity index is 2.30. The third-order valence-electron chi connectivity index (χ3n) is 3.52. The van der Waals surface area contributed by atoms with E-state index in [0.29, 0.717) is 0 Å². The number of benzene rings is 1. The molecule has 2 unspecified atom stereocenters. The number of aryl methyl sites for hydroxylation is 1. The Morgan fingerprint density at radius 3 is 2.79 bits per heavy atom. The third kappa shape index (κ3) is 3.17. The van der Waals surface area contributed by atoms with Crippen molar-refractivity contribution >= 4 is 11.0 Å². The van der Waals surface area contributed by atoms with E-state index in [4.69, 9.17) is 9.15 Å². The zero-order valence-corrected chi connectivity index (χ0v) is 12.2. The Kier molecular flexibility index (Phi) is 4.61. The first kappa shape index (κ1) is 14.1. The summed E-state index contributed by atoms with van der Waals surface area (Å²) < 4.78 is 11.4. The maximum absolute atomic E-state index is 6.04. The molecule has 0 amide bonds. The van der Waals surface area contributed by atoms with Gasteiger partial charge < -0.3 is 14.5 Å². The van der Waals surface area contributed by atoms with E-state index >= 15 is 0 Å². The van der Waals surface area contributed by atoms with E-state index in [1.165, 1.54) is 10.9 Å². The van der Waals surface area contributed by atoms with E-state index in [1.807, 2.05) is 0 Å². The maximum atomic E-state index is 6.04. The first-order chi connectivity index (χ1) is 9.15. The lowest BCUT2D eigenvalue weighted by Crippen LogP contribution is -2.24. The second-order valence-electron chi connectivity index (χ2n) is 5.03. The van der Waals surface area contributed by atoms with Crippen LogP contribution >= 0.6 is 0 Å². The largest absolute Gasteiger partial charge is 0.459 e. The molecule has 0 saturated heterocycles. The van der Waals surface area contributed by atoms with E-state index in [0.717, 1.165) is 24.3 Å². The van der Waals surface area contributed by atoms with Gasteiger partial charge in [-0.25, -0.2) is 0 Å². The molecule has 2 aromatic rings. The monoisotopic (exact) mass is 261 g/mol. The van der Waals surface area contributed by atoms with Gasteiger partial charge in [-0.2, -0.15) is 0 Å². The standard InChI is InChI=1S/C16H23NO2/c1-5-17-14(9-12(3)18-4)15-10-13-8-6-7-11(2)16(13)19-15/h6-8,10,12,14,17H,5,9H2,1-4H3. The van der Waals surface area contributed by atoms with Gasteiger partial charge >= 0.3 is 0 Å². The summed E-state index contributed by atoms with van der Waals surface area (Å²) in [6.07, 6.45) is 1.11. The van der Waals surface area contributed by atoms with Crippen LogP contribution in [0.4, 0.5) is 0 Å². The number of para-hydroxylation sites is 1. The van der Waals surface area contributed by atoms with Crippen molar-refractivity contribution in [2.24, 2.45) is 0 Å².